The Bertz CT molecular complexity index is 67.1. The van der Waals surface area contributed by atoms with Crippen molar-refractivity contribution in [1.29, 1.82) is 0 Å². The maximum atomic E-state index is 2.48. The van der Waals surface area contributed by atoms with Crippen molar-refractivity contribution in [1.82, 2.24) is 4.90 Å². The van der Waals surface area contributed by atoms with Crippen molar-refractivity contribution >= 4 is 0 Å². The fourth-order valence-corrected chi connectivity index (χ4v) is 1.05. The molecule has 0 rings (SSSR count). The molecule has 0 fully saturated rings. The molecule has 0 spiro atoms. The number of rotatable bonds is 5. The van der Waals surface area contributed by atoms with Gasteiger partial charge in [-0.25, -0.2) is 0 Å². The van der Waals surface area contributed by atoms with E-state index in [-0.39, 0.29) is 0 Å². The van der Waals surface area contributed by atoms with Gasteiger partial charge in [0.05, 0.1) is 0 Å². The van der Waals surface area contributed by atoms with Gasteiger partial charge < -0.3 is 4.90 Å². The third-order valence-corrected chi connectivity index (χ3v) is 2.16. The van der Waals surface area contributed by atoms with Gasteiger partial charge in [0, 0.05) is 6.54 Å². The molecule has 0 saturated carbocycles. The van der Waals surface area contributed by atoms with E-state index < -0.39 is 0 Å². The van der Waals surface area contributed by atoms with Crippen molar-refractivity contribution in [3.63, 3.8) is 0 Å². The van der Waals surface area contributed by atoms with Crippen LogP contribution in [-0.2, 0) is 0 Å². The molecule has 0 aliphatic rings. The predicted octanol–water partition coefficient (Wildman–Crippen LogP) is 2.37. The van der Waals surface area contributed by atoms with E-state index in [4.69, 9.17) is 0 Å². The zero-order valence-electron chi connectivity index (χ0n) is 7.85. The summed E-state index contributed by atoms with van der Waals surface area (Å²) >= 11 is 0. The van der Waals surface area contributed by atoms with Crippen molar-refractivity contribution in [3.05, 3.63) is 0 Å². The van der Waals surface area contributed by atoms with Gasteiger partial charge in [-0.05, 0) is 19.0 Å². The van der Waals surface area contributed by atoms with E-state index in [1.807, 2.05) is 0 Å². The van der Waals surface area contributed by atoms with E-state index in [0.29, 0.717) is 0 Å². The van der Waals surface area contributed by atoms with Crippen LogP contribution in [0.1, 0.15) is 34.1 Å². The fraction of sp³-hybridized carbons (Fsp3) is 1.00. The van der Waals surface area contributed by atoms with Crippen LogP contribution in [0.5, 0.6) is 0 Å². The van der Waals surface area contributed by atoms with Gasteiger partial charge in [0.25, 0.3) is 0 Å². The second-order valence-electron chi connectivity index (χ2n) is 3.00. The first kappa shape index (κ1) is 9.96. The van der Waals surface area contributed by atoms with Gasteiger partial charge >= 0.3 is 0 Å². The molecule has 10 heavy (non-hydrogen) atoms. The standard InChI is InChI=1S/C9H21N/c1-5-9(4)8-10(6-2)7-3/h9H,5-8H2,1-4H3/t9-/m1/s1. The Kier molecular flexibility index (Phi) is 5.70. The number of hydrogen-bond donors (Lipinski definition) is 0. The van der Waals surface area contributed by atoms with Gasteiger partial charge in [-0.1, -0.05) is 34.1 Å². The minimum atomic E-state index is 0.861. The molecule has 1 atom stereocenters. The number of hydrogen-bond acceptors (Lipinski definition) is 1. The summed E-state index contributed by atoms with van der Waals surface area (Å²) in [4.78, 5) is 2.48. The van der Waals surface area contributed by atoms with E-state index in [2.05, 4.69) is 32.6 Å². The van der Waals surface area contributed by atoms with Crippen molar-refractivity contribution in [2.45, 2.75) is 34.1 Å². The second kappa shape index (κ2) is 5.72. The highest BCUT2D eigenvalue weighted by atomic mass is 15.1. The van der Waals surface area contributed by atoms with Gasteiger partial charge in [-0.2, -0.15) is 0 Å². The summed E-state index contributed by atoms with van der Waals surface area (Å²) in [6.45, 7) is 12.7. The molecule has 0 aromatic rings. The molecule has 0 heterocycles. The molecule has 62 valence electrons. The SMILES string of the molecule is CC[C@@H](C)CN(CC)CC. The summed E-state index contributed by atoms with van der Waals surface area (Å²) in [5.41, 5.74) is 0. The quantitative estimate of drug-likeness (QED) is 0.571. The Labute approximate surface area is 65.4 Å². The molecule has 0 aliphatic carbocycles. The molecule has 0 aromatic heterocycles. The van der Waals surface area contributed by atoms with Gasteiger partial charge in [0.15, 0.2) is 0 Å². The van der Waals surface area contributed by atoms with Crippen molar-refractivity contribution < 1.29 is 0 Å². The monoisotopic (exact) mass is 143 g/mol. The molecule has 0 aliphatic heterocycles. The lowest BCUT2D eigenvalue weighted by molar-refractivity contribution is 0.258. The first-order chi connectivity index (χ1) is 4.74. The topological polar surface area (TPSA) is 3.24 Å². The summed E-state index contributed by atoms with van der Waals surface area (Å²) in [5, 5.41) is 0. The molecule has 0 saturated heterocycles. The van der Waals surface area contributed by atoms with E-state index in [9.17, 15) is 0 Å². The minimum absolute atomic E-state index is 0.861. The third-order valence-electron chi connectivity index (χ3n) is 2.16. The van der Waals surface area contributed by atoms with E-state index in [1.54, 1.807) is 0 Å². The largest absolute Gasteiger partial charge is 0.304 e. The van der Waals surface area contributed by atoms with Crippen molar-refractivity contribution in [3.8, 4) is 0 Å². The lowest BCUT2D eigenvalue weighted by Crippen LogP contribution is -2.27. The first-order valence-electron chi connectivity index (χ1n) is 4.46. The highest BCUT2D eigenvalue weighted by molar-refractivity contribution is 4.57. The van der Waals surface area contributed by atoms with Crippen molar-refractivity contribution in [2.75, 3.05) is 19.6 Å². The smallest absolute Gasteiger partial charge is 0.000668 e. The van der Waals surface area contributed by atoms with Crippen molar-refractivity contribution in [2.24, 2.45) is 5.92 Å². The molecule has 0 bridgehead atoms. The molecule has 0 amide bonds. The molecule has 0 radical (unpaired) electrons. The lowest BCUT2D eigenvalue weighted by atomic mass is 10.1. The van der Waals surface area contributed by atoms with Gasteiger partial charge in [0.1, 0.15) is 0 Å². The normalized spacial score (nSPS) is 14.1. The molecule has 0 aromatic carbocycles. The van der Waals surface area contributed by atoms with Crippen LogP contribution in [0.25, 0.3) is 0 Å². The second-order valence-corrected chi connectivity index (χ2v) is 3.00. The van der Waals surface area contributed by atoms with Gasteiger partial charge in [0.2, 0.25) is 0 Å². The van der Waals surface area contributed by atoms with Crippen LogP contribution in [0.15, 0.2) is 0 Å². The molecule has 1 nitrogen and oxygen atoms in total. The number of nitrogens with zero attached hydrogens (tertiary/aromatic N) is 1. The highest BCUT2D eigenvalue weighted by Gasteiger charge is 2.03. The zero-order chi connectivity index (χ0) is 7.98. The summed E-state index contributed by atoms with van der Waals surface area (Å²) in [6, 6.07) is 0. The van der Waals surface area contributed by atoms with E-state index in [1.165, 1.54) is 26.1 Å². The van der Waals surface area contributed by atoms with Crippen LogP contribution in [-0.4, -0.2) is 24.5 Å². The minimum Gasteiger partial charge on any atom is -0.304 e. The molecular weight excluding hydrogens is 122 g/mol. The Morgan fingerprint density at radius 1 is 1.10 bits per heavy atom. The van der Waals surface area contributed by atoms with Crippen LogP contribution in [0.3, 0.4) is 0 Å². The zero-order valence-corrected chi connectivity index (χ0v) is 7.85. The van der Waals surface area contributed by atoms with Gasteiger partial charge in [-0.3, -0.25) is 0 Å². The molecule has 1 heteroatoms. The Balaban J connectivity index is 3.41. The van der Waals surface area contributed by atoms with Crippen LogP contribution in [0.4, 0.5) is 0 Å². The average Bonchev–Trinajstić information content (AvgIpc) is 1.99. The summed E-state index contributed by atoms with van der Waals surface area (Å²) in [6.07, 6.45) is 1.30. The van der Waals surface area contributed by atoms with E-state index in [0.717, 1.165) is 5.92 Å². The lowest BCUT2D eigenvalue weighted by Gasteiger charge is -2.21. The molecule has 0 unspecified atom stereocenters. The van der Waals surface area contributed by atoms with E-state index >= 15 is 0 Å². The predicted molar refractivity (Wildman–Crippen MR) is 47.2 cm³/mol. The Morgan fingerprint density at radius 2 is 1.60 bits per heavy atom. The summed E-state index contributed by atoms with van der Waals surface area (Å²) < 4.78 is 0. The van der Waals surface area contributed by atoms with Crippen LogP contribution < -0.4 is 0 Å². The Hall–Kier alpha value is -0.0400. The fourth-order valence-electron chi connectivity index (χ4n) is 1.05. The Morgan fingerprint density at radius 3 is 1.90 bits per heavy atom. The summed E-state index contributed by atoms with van der Waals surface area (Å²) in [7, 11) is 0. The maximum absolute atomic E-state index is 2.48. The maximum Gasteiger partial charge on any atom is 0.000668 e. The van der Waals surface area contributed by atoms with Crippen LogP contribution >= 0.6 is 0 Å². The van der Waals surface area contributed by atoms with Gasteiger partial charge in [-0.15, -0.1) is 0 Å². The van der Waals surface area contributed by atoms with Crippen LogP contribution in [0, 0.1) is 5.92 Å². The average molecular weight is 143 g/mol. The van der Waals surface area contributed by atoms with Crippen LogP contribution in [0.2, 0.25) is 0 Å². The first-order valence-corrected chi connectivity index (χ1v) is 4.46. The molecule has 0 N–H and O–H groups in total. The highest BCUT2D eigenvalue weighted by Crippen LogP contribution is 2.02. The third kappa shape index (κ3) is 3.89. The summed E-state index contributed by atoms with van der Waals surface area (Å²) in [5.74, 6) is 0.861. The molecular formula is C9H21N.